The number of methoxy groups -OCH3 is 1. The molecule has 1 aromatic carbocycles. The van der Waals surface area contributed by atoms with Crippen LogP contribution >= 0.6 is 11.6 Å². The largest absolute Gasteiger partial charge is 0.480 e. The first-order valence-electron chi connectivity index (χ1n) is 10.5. The molecule has 1 N–H and O–H groups in total. The number of aliphatic hydroxyl groups is 1. The molecule has 3 aromatic heterocycles. The summed E-state index contributed by atoms with van der Waals surface area (Å²) in [5.41, 5.74) is -1.51. The maximum Gasteiger partial charge on any atom is 0.340 e. The highest BCUT2D eigenvalue weighted by Crippen LogP contribution is 2.29. The molecule has 1 fully saturated rings. The first-order chi connectivity index (χ1) is 16.8. The Hall–Kier alpha value is -3.83. The fourth-order valence-electron chi connectivity index (χ4n) is 4.16. The van der Waals surface area contributed by atoms with Gasteiger partial charge in [-0.05, 0) is 24.6 Å². The van der Waals surface area contributed by atoms with Crippen molar-refractivity contribution >= 4 is 28.3 Å². The zero-order valence-corrected chi connectivity index (χ0v) is 19.0. The molecule has 5 rings (SSSR count). The summed E-state index contributed by atoms with van der Waals surface area (Å²) in [6, 6.07) is 5.82. The van der Waals surface area contributed by atoms with Gasteiger partial charge in [-0.25, -0.2) is 18.1 Å². The van der Waals surface area contributed by atoms with Gasteiger partial charge in [0.1, 0.15) is 11.2 Å². The minimum Gasteiger partial charge on any atom is -0.480 e. The van der Waals surface area contributed by atoms with Gasteiger partial charge in [0.05, 0.1) is 41.3 Å². The molecule has 0 unspecified atom stereocenters. The summed E-state index contributed by atoms with van der Waals surface area (Å²) in [6.45, 7) is 0.784. The number of halogens is 3. The van der Waals surface area contributed by atoms with Gasteiger partial charge in [-0.1, -0.05) is 11.6 Å². The monoisotopic (exact) mass is 501 g/mol. The second kappa shape index (κ2) is 8.75. The summed E-state index contributed by atoms with van der Waals surface area (Å²) >= 11 is 6.04. The Bertz CT molecular complexity index is 1590. The number of pyridine rings is 2. The number of hydrogen-bond acceptors (Lipinski definition) is 7. The summed E-state index contributed by atoms with van der Waals surface area (Å²) < 4.78 is 35.2. The molecule has 4 aromatic rings. The van der Waals surface area contributed by atoms with E-state index in [2.05, 4.69) is 9.97 Å². The molecule has 0 amide bonds. The standard InChI is InChI=1S/C23H18ClF2N5O4/c1-35-21-20-18(8-19(28-21)29-5-4-15(32)11-29)30(13-2-3-16(25)17(26)7-13)23(34)31(22(20)33)14-6-12(24)9-27-10-14/h2-3,6-10,15,32H,4-5,11H2,1H3/t15-/m1/s1. The molecule has 1 aliphatic rings. The molecular weight excluding hydrogens is 484 g/mol. The van der Waals surface area contributed by atoms with E-state index in [1.54, 1.807) is 4.90 Å². The summed E-state index contributed by atoms with van der Waals surface area (Å²) in [4.78, 5) is 37.5. The molecule has 35 heavy (non-hydrogen) atoms. The van der Waals surface area contributed by atoms with Crippen LogP contribution in [0, 0.1) is 11.6 Å². The van der Waals surface area contributed by atoms with Crippen LogP contribution in [0.3, 0.4) is 0 Å². The van der Waals surface area contributed by atoms with E-state index in [0.717, 1.165) is 21.3 Å². The molecule has 1 saturated heterocycles. The van der Waals surface area contributed by atoms with E-state index in [-0.39, 0.29) is 33.2 Å². The van der Waals surface area contributed by atoms with Crippen molar-refractivity contribution in [3.63, 3.8) is 0 Å². The van der Waals surface area contributed by atoms with Crippen LogP contribution in [-0.2, 0) is 0 Å². The third-order valence-corrected chi connectivity index (χ3v) is 5.99. The fraction of sp³-hybridized carbons (Fsp3) is 0.217. The van der Waals surface area contributed by atoms with E-state index in [9.17, 15) is 23.5 Å². The van der Waals surface area contributed by atoms with E-state index in [1.165, 1.54) is 37.7 Å². The number of aliphatic hydroxyl groups excluding tert-OH is 1. The van der Waals surface area contributed by atoms with E-state index < -0.39 is 29.0 Å². The lowest BCUT2D eigenvalue weighted by Crippen LogP contribution is -2.39. The van der Waals surface area contributed by atoms with Crippen LogP contribution in [0.4, 0.5) is 14.6 Å². The molecule has 1 aliphatic heterocycles. The van der Waals surface area contributed by atoms with Gasteiger partial charge in [-0.15, -0.1) is 0 Å². The van der Waals surface area contributed by atoms with Crippen LogP contribution in [0.1, 0.15) is 6.42 Å². The Balaban J connectivity index is 1.92. The summed E-state index contributed by atoms with van der Waals surface area (Å²) in [5, 5.41) is 10.1. The molecule has 0 spiro atoms. The molecule has 9 nitrogen and oxygen atoms in total. The third-order valence-electron chi connectivity index (χ3n) is 5.78. The second-order valence-corrected chi connectivity index (χ2v) is 8.43. The van der Waals surface area contributed by atoms with Crippen LogP contribution in [-0.4, -0.2) is 50.5 Å². The van der Waals surface area contributed by atoms with Gasteiger partial charge in [0.2, 0.25) is 5.88 Å². The minimum atomic E-state index is -1.17. The zero-order chi connectivity index (χ0) is 24.9. The van der Waals surface area contributed by atoms with Gasteiger partial charge < -0.3 is 14.7 Å². The maximum atomic E-state index is 14.2. The highest BCUT2D eigenvalue weighted by atomic mass is 35.5. The molecule has 12 heteroatoms. The molecule has 0 bridgehead atoms. The Morgan fingerprint density at radius 2 is 1.89 bits per heavy atom. The average Bonchev–Trinajstić information content (AvgIpc) is 3.27. The van der Waals surface area contributed by atoms with Crippen molar-refractivity contribution in [2.45, 2.75) is 12.5 Å². The number of nitrogens with zero attached hydrogens (tertiary/aromatic N) is 5. The van der Waals surface area contributed by atoms with E-state index in [0.29, 0.717) is 25.3 Å². The Morgan fingerprint density at radius 1 is 1.09 bits per heavy atom. The van der Waals surface area contributed by atoms with E-state index in [1.807, 2.05) is 0 Å². The first-order valence-corrected chi connectivity index (χ1v) is 10.9. The van der Waals surface area contributed by atoms with Gasteiger partial charge >= 0.3 is 5.69 Å². The topological polar surface area (TPSA) is 102 Å². The number of anilines is 1. The van der Waals surface area contributed by atoms with Crippen LogP contribution < -0.4 is 20.9 Å². The van der Waals surface area contributed by atoms with Crippen molar-refractivity contribution in [2.24, 2.45) is 0 Å². The molecule has 180 valence electrons. The molecule has 0 saturated carbocycles. The Labute approximate surface area is 201 Å². The highest BCUT2D eigenvalue weighted by molar-refractivity contribution is 6.30. The number of hydrogen-bond donors (Lipinski definition) is 1. The molecule has 4 heterocycles. The maximum absolute atomic E-state index is 14.2. The average molecular weight is 502 g/mol. The van der Waals surface area contributed by atoms with Crippen molar-refractivity contribution in [2.75, 3.05) is 25.1 Å². The number of rotatable bonds is 4. The van der Waals surface area contributed by atoms with E-state index in [4.69, 9.17) is 16.3 Å². The molecule has 0 radical (unpaired) electrons. The molecular formula is C23H18ClF2N5O4. The Kier molecular flexibility index (Phi) is 5.73. The van der Waals surface area contributed by atoms with Crippen molar-refractivity contribution in [1.82, 2.24) is 19.1 Å². The van der Waals surface area contributed by atoms with Crippen molar-refractivity contribution < 1.29 is 18.6 Å². The number of ether oxygens (including phenoxy) is 1. The lowest BCUT2D eigenvalue weighted by atomic mass is 10.2. The predicted octanol–water partition coefficient (Wildman–Crippen LogP) is 2.44. The van der Waals surface area contributed by atoms with Crippen molar-refractivity contribution in [3.05, 3.63) is 80.2 Å². The first kappa shape index (κ1) is 22.9. The van der Waals surface area contributed by atoms with Crippen LogP contribution in [0.5, 0.6) is 5.88 Å². The SMILES string of the molecule is COc1nc(N2CC[C@@H](O)C2)cc2c1c(=O)n(-c1cncc(Cl)c1)c(=O)n2-c1ccc(F)c(F)c1. The summed E-state index contributed by atoms with van der Waals surface area (Å²) in [7, 11) is 1.32. The quantitative estimate of drug-likeness (QED) is 0.458. The Morgan fingerprint density at radius 3 is 2.54 bits per heavy atom. The van der Waals surface area contributed by atoms with Gasteiger partial charge in [-0.3, -0.25) is 14.3 Å². The molecule has 1 atom stereocenters. The zero-order valence-electron chi connectivity index (χ0n) is 18.3. The van der Waals surface area contributed by atoms with Gasteiger partial charge in [0.25, 0.3) is 5.56 Å². The van der Waals surface area contributed by atoms with E-state index >= 15 is 0 Å². The lowest BCUT2D eigenvalue weighted by molar-refractivity contribution is 0.198. The smallest absolute Gasteiger partial charge is 0.340 e. The number of aromatic nitrogens is 4. The number of benzene rings is 1. The van der Waals surface area contributed by atoms with Crippen molar-refractivity contribution in [3.8, 4) is 17.3 Å². The van der Waals surface area contributed by atoms with Crippen LogP contribution in [0.25, 0.3) is 22.3 Å². The normalized spacial score (nSPS) is 15.7. The van der Waals surface area contributed by atoms with Crippen LogP contribution in [0.15, 0.2) is 52.3 Å². The second-order valence-electron chi connectivity index (χ2n) is 7.99. The minimum absolute atomic E-state index is 0.0247. The fourth-order valence-corrected chi connectivity index (χ4v) is 4.33. The molecule has 0 aliphatic carbocycles. The van der Waals surface area contributed by atoms with Crippen LogP contribution in [0.2, 0.25) is 5.02 Å². The third kappa shape index (κ3) is 3.92. The number of fused-ring (bicyclic) bond motifs is 1. The predicted molar refractivity (Wildman–Crippen MR) is 125 cm³/mol. The lowest BCUT2D eigenvalue weighted by Gasteiger charge is -2.20. The van der Waals surface area contributed by atoms with Gasteiger partial charge in [0, 0.05) is 31.4 Å². The summed E-state index contributed by atoms with van der Waals surface area (Å²) in [6.07, 6.45) is 2.57. The van der Waals surface area contributed by atoms with Gasteiger partial charge in [0.15, 0.2) is 11.6 Å². The van der Waals surface area contributed by atoms with Crippen molar-refractivity contribution in [1.29, 1.82) is 0 Å². The highest BCUT2D eigenvalue weighted by Gasteiger charge is 2.26. The summed E-state index contributed by atoms with van der Waals surface area (Å²) in [5.74, 6) is -2.00. The van der Waals surface area contributed by atoms with Gasteiger partial charge in [-0.2, -0.15) is 4.98 Å². The number of β-amino-alcohol motifs (C(OH)–C–C–N with tert-alkyl or cyclic N) is 1.